The number of Topliss-reactive ketones (excluding diaryl/α,β-unsaturated/α-hetero) is 1. The van der Waals surface area contributed by atoms with Crippen molar-refractivity contribution in [2.45, 2.75) is 13.8 Å². The fourth-order valence-electron chi connectivity index (χ4n) is 1.60. The Labute approximate surface area is 109 Å². The molecule has 0 spiro atoms. The van der Waals surface area contributed by atoms with Gasteiger partial charge in [-0.05, 0) is 26.0 Å². The summed E-state index contributed by atoms with van der Waals surface area (Å²) in [6, 6.07) is 6.95. The number of thiazole rings is 1. The number of amides is 1. The predicted octanol–water partition coefficient (Wildman–Crippen LogP) is 2.91. The van der Waals surface area contributed by atoms with Crippen molar-refractivity contribution in [3.05, 3.63) is 45.9 Å². The Morgan fingerprint density at radius 1 is 1.28 bits per heavy atom. The first-order valence-corrected chi connectivity index (χ1v) is 6.29. The molecule has 0 bridgehead atoms. The zero-order chi connectivity index (χ0) is 13.1. The number of benzene rings is 1. The molecule has 0 saturated carbocycles. The number of anilines is 1. The van der Waals surface area contributed by atoms with Crippen LogP contribution in [0.4, 0.5) is 5.69 Å². The summed E-state index contributed by atoms with van der Waals surface area (Å²) in [5.41, 5.74) is 3.36. The lowest BCUT2D eigenvalue weighted by Gasteiger charge is -2.08. The second-order valence-corrected chi connectivity index (χ2v) is 4.68. The topological polar surface area (TPSA) is 59.1 Å². The number of hydrogen-bond acceptors (Lipinski definition) is 4. The molecule has 0 saturated heterocycles. The minimum absolute atomic E-state index is 0.0769. The molecular formula is C13H12N2O2S. The van der Waals surface area contributed by atoms with E-state index < -0.39 is 0 Å². The van der Waals surface area contributed by atoms with Crippen LogP contribution in [0.5, 0.6) is 0 Å². The van der Waals surface area contributed by atoms with Crippen LogP contribution in [-0.2, 0) is 0 Å². The van der Waals surface area contributed by atoms with Gasteiger partial charge in [-0.25, -0.2) is 4.98 Å². The molecule has 92 valence electrons. The third-order valence-corrected chi connectivity index (χ3v) is 3.43. The van der Waals surface area contributed by atoms with Gasteiger partial charge in [0.2, 0.25) is 0 Å². The maximum absolute atomic E-state index is 12.0. The first kappa shape index (κ1) is 12.4. The van der Waals surface area contributed by atoms with Gasteiger partial charge in [0.15, 0.2) is 5.78 Å². The molecule has 0 fully saturated rings. The van der Waals surface area contributed by atoms with Gasteiger partial charge in [-0.3, -0.25) is 9.59 Å². The molecular weight excluding hydrogens is 248 g/mol. The Bertz CT molecular complexity index is 605. The number of carbonyl (C=O) groups is 2. The molecule has 0 aliphatic rings. The molecule has 18 heavy (non-hydrogen) atoms. The molecule has 1 amide bonds. The lowest BCUT2D eigenvalue weighted by atomic mass is 10.1. The minimum atomic E-state index is -0.233. The van der Waals surface area contributed by atoms with Crippen LogP contribution in [0.2, 0.25) is 0 Å². The van der Waals surface area contributed by atoms with E-state index >= 15 is 0 Å². The van der Waals surface area contributed by atoms with Gasteiger partial charge >= 0.3 is 0 Å². The average molecular weight is 260 g/mol. The number of carbonyl (C=O) groups excluding carboxylic acids is 2. The number of hydrogen-bond donors (Lipinski definition) is 1. The monoisotopic (exact) mass is 260 g/mol. The van der Waals surface area contributed by atoms with Gasteiger partial charge in [0.25, 0.3) is 5.91 Å². The second kappa shape index (κ2) is 5.10. The summed E-state index contributed by atoms with van der Waals surface area (Å²) in [6.45, 7) is 3.26. The van der Waals surface area contributed by atoms with Crippen LogP contribution < -0.4 is 5.32 Å². The molecule has 0 unspecified atom stereocenters. The Kier molecular flexibility index (Phi) is 3.53. The van der Waals surface area contributed by atoms with Gasteiger partial charge in [-0.1, -0.05) is 12.1 Å². The van der Waals surface area contributed by atoms with Crippen LogP contribution in [0, 0.1) is 6.92 Å². The number of aryl methyl sites for hydroxylation is 1. The summed E-state index contributed by atoms with van der Waals surface area (Å²) in [4.78, 5) is 28.0. The number of para-hydroxylation sites is 1. The molecule has 1 N–H and O–H groups in total. The van der Waals surface area contributed by atoms with Crippen molar-refractivity contribution in [1.82, 2.24) is 4.98 Å². The first-order chi connectivity index (χ1) is 8.59. The summed E-state index contributed by atoms with van der Waals surface area (Å²) in [5, 5.41) is 2.75. The number of aromatic nitrogens is 1. The van der Waals surface area contributed by atoms with Gasteiger partial charge in [-0.15, -0.1) is 11.3 Å². The summed E-state index contributed by atoms with van der Waals surface area (Å²) in [6.07, 6.45) is 0. The van der Waals surface area contributed by atoms with E-state index in [1.54, 1.807) is 36.7 Å². The largest absolute Gasteiger partial charge is 0.321 e. The molecule has 2 aromatic rings. The molecule has 1 aromatic carbocycles. The standard InChI is InChI=1S/C13H12N2O2S/c1-8-12(18-7-14-8)13(17)15-11-6-4-3-5-10(11)9(2)16/h3-7H,1-2H3,(H,15,17). The molecule has 2 rings (SSSR count). The highest BCUT2D eigenvalue weighted by Gasteiger charge is 2.14. The van der Waals surface area contributed by atoms with E-state index in [1.165, 1.54) is 18.3 Å². The Balaban J connectivity index is 2.28. The molecule has 1 heterocycles. The van der Waals surface area contributed by atoms with E-state index in [0.29, 0.717) is 21.8 Å². The normalized spacial score (nSPS) is 10.1. The Morgan fingerprint density at radius 3 is 2.61 bits per heavy atom. The summed E-state index contributed by atoms with van der Waals surface area (Å²) >= 11 is 1.28. The van der Waals surface area contributed by atoms with Gasteiger partial charge in [0, 0.05) is 5.56 Å². The summed E-state index contributed by atoms with van der Waals surface area (Å²) in [5.74, 6) is -0.310. The molecule has 0 aliphatic heterocycles. The lowest BCUT2D eigenvalue weighted by Crippen LogP contribution is -2.14. The minimum Gasteiger partial charge on any atom is -0.321 e. The molecule has 4 nitrogen and oxygen atoms in total. The van der Waals surface area contributed by atoms with E-state index in [0.717, 1.165) is 0 Å². The van der Waals surface area contributed by atoms with Crippen LogP contribution in [0.1, 0.15) is 32.6 Å². The molecule has 0 radical (unpaired) electrons. The maximum atomic E-state index is 12.0. The fourth-order valence-corrected chi connectivity index (χ4v) is 2.30. The molecule has 0 aliphatic carbocycles. The van der Waals surface area contributed by atoms with E-state index in [2.05, 4.69) is 10.3 Å². The van der Waals surface area contributed by atoms with Crippen LogP contribution in [0.3, 0.4) is 0 Å². The summed E-state index contributed by atoms with van der Waals surface area (Å²) in [7, 11) is 0. The third-order valence-electron chi connectivity index (χ3n) is 2.51. The molecule has 1 aromatic heterocycles. The highest BCUT2D eigenvalue weighted by Crippen LogP contribution is 2.19. The molecule has 5 heteroatoms. The SMILES string of the molecule is CC(=O)c1ccccc1NC(=O)c1scnc1C. The number of nitrogens with one attached hydrogen (secondary N) is 1. The maximum Gasteiger partial charge on any atom is 0.267 e. The quantitative estimate of drug-likeness (QED) is 0.863. The van der Waals surface area contributed by atoms with E-state index in [9.17, 15) is 9.59 Å². The summed E-state index contributed by atoms with van der Waals surface area (Å²) < 4.78 is 0. The van der Waals surface area contributed by atoms with Gasteiger partial charge in [0.05, 0.1) is 16.9 Å². The number of ketones is 1. The van der Waals surface area contributed by atoms with Crippen LogP contribution in [0.15, 0.2) is 29.8 Å². The van der Waals surface area contributed by atoms with Crippen molar-refractivity contribution >= 4 is 28.7 Å². The number of rotatable bonds is 3. The highest BCUT2D eigenvalue weighted by molar-refractivity contribution is 7.12. The van der Waals surface area contributed by atoms with Gasteiger partial charge in [-0.2, -0.15) is 0 Å². The van der Waals surface area contributed by atoms with E-state index in [1.807, 2.05) is 0 Å². The first-order valence-electron chi connectivity index (χ1n) is 5.41. The van der Waals surface area contributed by atoms with Gasteiger partial charge < -0.3 is 5.32 Å². The Hall–Kier alpha value is -2.01. The Morgan fingerprint density at radius 2 is 2.00 bits per heavy atom. The van der Waals surface area contributed by atoms with Crippen molar-refractivity contribution in [2.24, 2.45) is 0 Å². The van der Waals surface area contributed by atoms with Crippen LogP contribution >= 0.6 is 11.3 Å². The van der Waals surface area contributed by atoms with Crippen molar-refractivity contribution in [1.29, 1.82) is 0 Å². The van der Waals surface area contributed by atoms with E-state index in [-0.39, 0.29) is 11.7 Å². The van der Waals surface area contributed by atoms with Crippen molar-refractivity contribution < 1.29 is 9.59 Å². The van der Waals surface area contributed by atoms with Crippen LogP contribution in [0.25, 0.3) is 0 Å². The van der Waals surface area contributed by atoms with Crippen LogP contribution in [-0.4, -0.2) is 16.7 Å². The third kappa shape index (κ3) is 2.46. The van der Waals surface area contributed by atoms with Crippen molar-refractivity contribution in [3.8, 4) is 0 Å². The van der Waals surface area contributed by atoms with Crippen molar-refractivity contribution in [3.63, 3.8) is 0 Å². The van der Waals surface area contributed by atoms with Crippen molar-refractivity contribution in [2.75, 3.05) is 5.32 Å². The smallest absolute Gasteiger partial charge is 0.267 e. The second-order valence-electron chi connectivity index (χ2n) is 3.82. The predicted molar refractivity (Wildman–Crippen MR) is 71.3 cm³/mol. The zero-order valence-corrected chi connectivity index (χ0v) is 10.9. The average Bonchev–Trinajstić information content (AvgIpc) is 2.76. The molecule has 0 atom stereocenters. The van der Waals surface area contributed by atoms with Gasteiger partial charge in [0.1, 0.15) is 4.88 Å². The lowest BCUT2D eigenvalue weighted by molar-refractivity contribution is 0.101. The highest BCUT2D eigenvalue weighted by atomic mass is 32.1. The number of nitrogens with zero attached hydrogens (tertiary/aromatic N) is 1. The van der Waals surface area contributed by atoms with E-state index in [4.69, 9.17) is 0 Å². The zero-order valence-electron chi connectivity index (χ0n) is 10.1. The fraction of sp³-hybridized carbons (Fsp3) is 0.154.